The number of sulfonamides is 1. The number of aromatic carboxylic acids is 1. The Balaban J connectivity index is 2.13. The van der Waals surface area contributed by atoms with Crippen LogP contribution in [0, 0.1) is 5.82 Å². The summed E-state index contributed by atoms with van der Waals surface area (Å²) in [6.07, 6.45) is 0. The Bertz CT molecular complexity index is 788. The topological polar surface area (TPSA) is 83.5 Å². The van der Waals surface area contributed by atoms with Crippen LogP contribution in [0.1, 0.15) is 15.2 Å². The largest absolute Gasteiger partial charge is 0.477 e. The zero-order valence-electron chi connectivity index (χ0n) is 10.3. The van der Waals surface area contributed by atoms with Gasteiger partial charge >= 0.3 is 5.97 Å². The van der Waals surface area contributed by atoms with Gasteiger partial charge in [-0.3, -0.25) is 0 Å². The highest BCUT2D eigenvalue weighted by molar-refractivity contribution is 7.91. The van der Waals surface area contributed by atoms with Gasteiger partial charge in [0.25, 0.3) is 0 Å². The molecule has 2 rings (SSSR count). The van der Waals surface area contributed by atoms with Gasteiger partial charge in [-0.1, -0.05) is 17.7 Å². The molecule has 0 amide bonds. The summed E-state index contributed by atoms with van der Waals surface area (Å²) >= 11 is 6.26. The van der Waals surface area contributed by atoms with Gasteiger partial charge in [-0.15, -0.1) is 11.3 Å². The number of benzene rings is 1. The fourth-order valence-corrected chi connectivity index (χ4v) is 3.89. The molecule has 0 atom stereocenters. The summed E-state index contributed by atoms with van der Waals surface area (Å²) in [5.74, 6) is -1.78. The first-order valence-corrected chi connectivity index (χ1v) is 8.24. The number of carboxylic acids is 1. The van der Waals surface area contributed by atoms with E-state index in [1.165, 1.54) is 24.3 Å². The highest BCUT2D eigenvalue weighted by Crippen LogP contribution is 2.22. The molecular formula is C12H9ClFNO4S2. The van der Waals surface area contributed by atoms with E-state index in [2.05, 4.69) is 4.72 Å². The summed E-state index contributed by atoms with van der Waals surface area (Å²) in [5, 5.41) is 8.67. The third kappa shape index (κ3) is 3.79. The van der Waals surface area contributed by atoms with E-state index in [1.54, 1.807) is 0 Å². The van der Waals surface area contributed by atoms with Gasteiger partial charge in [0, 0.05) is 6.54 Å². The van der Waals surface area contributed by atoms with E-state index in [-0.39, 0.29) is 20.7 Å². The molecule has 0 fully saturated rings. The molecule has 0 saturated carbocycles. The minimum atomic E-state index is -3.83. The van der Waals surface area contributed by atoms with Crippen LogP contribution in [-0.2, 0) is 16.6 Å². The lowest BCUT2D eigenvalue weighted by Crippen LogP contribution is -2.22. The molecule has 2 aromatic rings. The molecule has 0 radical (unpaired) electrons. The second kappa shape index (κ2) is 6.10. The average molecular weight is 350 g/mol. The standard InChI is InChI=1S/C12H9ClFNO4S2/c13-8-5-7(1-2-9(8)14)6-15-21(18,19)11-4-3-10(20-11)12(16)17/h1-5,15H,6H2,(H,16,17). The van der Waals surface area contributed by atoms with Crippen molar-refractivity contribution >= 4 is 38.9 Å². The maximum Gasteiger partial charge on any atom is 0.345 e. The Morgan fingerprint density at radius 1 is 1.33 bits per heavy atom. The highest BCUT2D eigenvalue weighted by atomic mass is 35.5. The molecule has 1 heterocycles. The molecule has 0 aliphatic heterocycles. The summed E-state index contributed by atoms with van der Waals surface area (Å²) in [5.41, 5.74) is 0.486. The number of carbonyl (C=O) groups is 1. The molecule has 112 valence electrons. The molecule has 0 unspecified atom stereocenters. The monoisotopic (exact) mass is 349 g/mol. The number of thiophene rings is 1. The summed E-state index contributed by atoms with van der Waals surface area (Å²) < 4.78 is 39.2. The van der Waals surface area contributed by atoms with Gasteiger partial charge in [0.2, 0.25) is 10.0 Å². The number of halogens is 2. The Labute approximate surface area is 129 Å². The van der Waals surface area contributed by atoms with Crippen LogP contribution < -0.4 is 4.72 Å². The van der Waals surface area contributed by atoms with Crippen LogP contribution in [0.25, 0.3) is 0 Å². The molecule has 0 aliphatic carbocycles. The SMILES string of the molecule is O=C(O)c1ccc(S(=O)(=O)NCc2ccc(F)c(Cl)c2)s1. The maximum atomic E-state index is 13.0. The first-order chi connectivity index (χ1) is 9.79. The van der Waals surface area contributed by atoms with Gasteiger partial charge < -0.3 is 5.11 Å². The Kier molecular flexibility index (Phi) is 4.62. The second-order valence-electron chi connectivity index (χ2n) is 4.00. The van der Waals surface area contributed by atoms with Crippen LogP contribution in [0.3, 0.4) is 0 Å². The minimum absolute atomic E-state index is 0.0693. The Morgan fingerprint density at radius 2 is 2.05 bits per heavy atom. The summed E-state index contributed by atoms with van der Waals surface area (Å²) in [7, 11) is -3.83. The lowest BCUT2D eigenvalue weighted by molar-refractivity contribution is 0.0702. The average Bonchev–Trinajstić information content (AvgIpc) is 2.91. The van der Waals surface area contributed by atoms with Gasteiger partial charge in [-0.25, -0.2) is 22.3 Å². The zero-order chi connectivity index (χ0) is 15.6. The molecule has 9 heteroatoms. The number of hydrogen-bond acceptors (Lipinski definition) is 4. The number of rotatable bonds is 5. The summed E-state index contributed by atoms with van der Waals surface area (Å²) in [4.78, 5) is 10.7. The van der Waals surface area contributed by atoms with Crippen molar-refractivity contribution in [2.45, 2.75) is 10.8 Å². The molecule has 5 nitrogen and oxygen atoms in total. The fourth-order valence-electron chi connectivity index (χ4n) is 1.48. The van der Waals surface area contributed by atoms with E-state index in [0.29, 0.717) is 16.9 Å². The van der Waals surface area contributed by atoms with Crippen LogP contribution in [0.15, 0.2) is 34.5 Å². The first kappa shape index (κ1) is 15.9. The van der Waals surface area contributed by atoms with Crippen molar-refractivity contribution < 1.29 is 22.7 Å². The van der Waals surface area contributed by atoms with E-state index in [9.17, 15) is 17.6 Å². The molecule has 0 aliphatic rings. The van der Waals surface area contributed by atoms with E-state index in [1.807, 2.05) is 0 Å². The van der Waals surface area contributed by atoms with Crippen LogP contribution >= 0.6 is 22.9 Å². The fraction of sp³-hybridized carbons (Fsp3) is 0.0833. The maximum absolute atomic E-state index is 13.0. The molecule has 0 saturated heterocycles. The van der Waals surface area contributed by atoms with Crippen molar-refractivity contribution in [3.63, 3.8) is 0 Å². The van der Waals surface area contributed by atoms with Crippen LogP contribution in [0.5, 0.6) is 0 Å². The lowest BCUT2D eigenvalue weighted by Gasteiger charge is -2.05. The van der Waals surface area contributed by atoms with Crippen molar-refractivity contribution in [2.24, 2.45) is 0 Å². The normalized spacial score (nSPS) is 11.5. The van der Waals surface area contributed by atoms with Crippen molar-refractivity contribution in [3.8, 4) is 0 Å². The number of nitrogens with one attached hydrogen (secondary N) is 1. The van der Waals surface area contributed by atoms with Crippen molar-refractivity contribution in [2.75, 3.05) is 0 Å². The third-order valence-corrected chi connectivity index (χ3v) is 5.76. The number of carboxylic acid groups (broad SMARTS) is 1. The first-order valence-electron chi connectivity index (χ1n) is 5.56. The van der Waals surface area contributed by atoms with Crippen LogP contribution in [0.4, 0.5) is 4.39 Å². The summed E-state index contributed by atoms with van der Waals surface area (Å²) in [6.45, 7) is -0.0807. The van der Waals surface area contributed by atoms with Gasteiger partial charge in [-0.05, 0) is 29.8 Å². The molecular weight excluding hydrogens is 341 g/mol. The van der Waals surface area contributed by atoms with Gasteiger partial charge in [0.05, 0.1) is 5.02 Å². The van der Waals surface area contributed by atoms with Crippen molar-refractivity contribution in [1.29, 1.82) is 0 Å². The molecule has 2 N–H and O–H groups in total. The molecule has 1 aromatic carbocycles. The Morgan fingerprint density at radius 3 is 2.62 bits per heavy atom. The van der Waals surface area contributed by atoms with E-state index < -0.39 is 21.8 Å². The zero-order valence-corrected chi connectivity index (χ0v) is 12.7. The molecule has 21 heavy (non-hydrogen) atoms. The number of hydrogen-bond donors (Lipinski definition) is 2. The van der Waals surface area contributed by atoms with E-state index in [4.69, 9.17) is 16.7 Å². The predicted octanol–water partition coefficient (Wildman–Crippen LogP) is 2.72. The second-order valence-corrected chi connectivity index (χ2v) is 7.48. The predicted molar refractivity (Wildman–Crippen MR) is 76.7 cm³/mol. The summed E-state index contributed by atoms with van der Waals surface area (Å²) in [6, 6.07) is 6.29. The van der Waals surface area contributed by atoms with Crippen LogP contribution in [-0.4, -0.2) is 19.5 Å². The van der Waals surface area contributed by atoms with Crippen molar-refractivity contribution in [3.05, 3.63) is 51.6 Å². The molecule has 0 bridgehead atoms. The smallest absolute Gasteiger partial charge is 0.345 e. The van der Waals surface area contributed by atoms with E-state index >= 15 is 0 Å². The molecule has 0 spiro atoms. The highest BCUT2D eigenvalue weighted by Gasteiger charge is 2.18. The Hall–Kier alpha value is -1.48. The van der Waals surface area contributed by atoms with Gasteiger partial charge in [0.15, 0.2) is 0 Å². The quantitative estimate of drug-likeness (QED) is 0.869. The lowest BCUT2D eigenvalue weighted by atomic mass is 10.2. The molecule has 1 aromatic heterocycles. The van der Waals surface area contributed by atoms with Gasteiger partial charge in [0.1, 0.15) is 14.9 Å². The van der Waals surface area contributed by atoms with Crippen LogP contribution in [0.2, 0.25) is 5.02 Å². The van der Waals surface area contributed by atoms with E-state index in [0.717, 1.165) is 6.07 Å². The minimum Gasteiger partial charge on any atom is -0.477 e. The van der Waals surface area contributed by atoms with Crippen molar-refractivity contribution in [1.82, 2.24) is 4.72 Å². The third-order valence-electron chi connectivity index (χ3n) is 2.51. The van der Waals surface area contributed by atoms with Gasteiger partial charge in [-0.2, -0.15) is 0 Å².